The van der Waals surface area contributed by atoms with Gasteiger partial charge in [-0.25, -0.2) is 9.37 Å². The van der Waals surface area contributed by atoms with E-state index in [2.05, 4.69) is 14.5 Å². The highest BCUT2D eigenvalue weighted by atomic mass is 35.5. The van der Waals surface area contributed by atoms with Crippen molar-refractivity contribution in [3.8, 4) is 5.69 Å². The summed E-state index contributed by atoms with van der Waals surface area (Å²) >= 11 is 6.24. The van der Waals surface area contributed by atoms with Gasteiger partial charge in [-0.15, -0.1) is 0 Å². The molecule has 2 fully saturated rings. The first-order chi connectivity index (χ1) is 16.0. The summed E-state index contributed by atoms with van der Waals surface area (Å²) in [5, 5.41) is 0.695. The molecule has 0 unspecified atom stereocenters. The number of nitrogens with two attached hydrogens (primary N) is 1. The van der Waals surface area contributed by atoms with Crippen LogP contribution in [-0.2, 0) is 4.74 Å². The molecule has 0 bridgehead atoms. The molecule has 0 spiro atoms. The van der Waals surface area contributed by atoms with Crippen LogP contribution < -0.4 is 10.6 Å². The molecule has 2 N–H and O–H groups in total. The van der Waals surface area contributed by atoms with Gasteiger partial charge in [-0.1, -0.05) is 11.6 Å². The third kappa shape index (κ3) is 3.32. The van der Waals surface area contributed by atoms with Gasteiger partial charge in [-0.2, -0.15) is 0 Å². The van der Waals surface area contributed by atoms with Gasteiger partial charge >= 0.3 is 0 Å². The number of hydrogen-bond donors (Lipinski definition) is 1. The van der Waals surface area contributed by atoms with Crippen LogP contribution in [0.25, 0.3) is 27.6 Å². The number of carbonyl (C=O) groups excluding carboxylic acids is 1. The maximum atomic E-state index is 14.1. The smallest absolute Gasteiger partial charge is 0.251 e. The van der Waals surface area contributed by atoms with Gasteiger partial charge in [0.2, 0.25) is 0 Å². The second kappa shape index (κ2) is 7.67. The number of halogens is 2. The number of rotatable bonds is 4. The summed E-state index contributed by atoms with van der Waals surface area (Å²) in [6.07, 6.45) is 3.65. The van der Waals surface area contributed by atoms with Gasteiger partial charge in [0, 0.05) is 36.3 Å². The molecule has 1 aliphatic carbocycles. The Hall–Kier alpha value is -3.23. The highest BCUT2D eigenvalue weighted by molar-refractivity contribution is 6.35. The summed E-state index contributed by atoms with van der Waals surface area (Å²) in [7, 11) is 0. The van der Waals surface area contributed by atoms with E-state index in [0.717, 1.165) is 48.6 Å². The number of benzene rings is 2. The highest BCUT2D eigenvalue weighted by Gasteiger charge is 2.32. The fourth-order valence-corrected chi connectivity index (χ4v) is 4.79. The number of nitrogens with zero attached hydrogens (tertiary/aromatic N) is 4. The minimum absolute atomic E-state index is 0.0152. The fraction of sp³-hybridized carbons (Fsp3) is 0.292. The Kier molecular flexibility index (Phi) is 4.74. The molecule has 0 radical (unpaired) electrons. The summed E-state index contributed by atoms with van der Waals surface area (Å²) in [6, 6.07) is 8.77. The number of ether oxygens (including phenoxy) is 1. The zero-order chi connectivity index (χ0) is 22.7. The molecule has 1 aliphatic heterocycles. The van der Waals surface area contributed by atoms with Crippen molar-refractivity contribution in [3.05, 3.63) is 58.8 Å². The number of aromatic nitrogens is 3. The molecule has 1 amide bonds. The molecule has 4 aromatic rings. The predicted molar refractivity (Wildman–Crippen MR) is 125 cm³/mol. The molecule has 33 heavy (non-hydrogen) atoms. The quantitative estimate of drug-likeness (QED) is 0.488. The van der Waals surface area contributed by atoms with E-state index in [0.29, 0.717) is 35.2 Å². The first kappa shape index (κ1) is 20.4. The van der Waals surface area contributed by atoms with Crippen molar-refractivity contribution in [2.75, 3.05) is 31.2 Å². The van der Waals surface area contributed by atoms with Gasteiger partial charge in [-0.05, 0) is 43.2 Å². The van der Waals surface area contributed by atoms with E-state index >= 15 is 0 Å². The molecule has 2 aliphatic rings. The van der Waals surface area contributed by atoms with Crippen LogP contribution in [0.15, 0.2) is 36.5 Å². The number of anilines is 1. The van der Waals surface area contributed by atoms with Crippen LogP contribution in [-0.4, -0.2) is 46.7 Å². The fourth-order valence-electron chi connectivity index (χ4n) is 4.58. The Bertz CT molecular complexity index is 1430. The lowest BCUT2D eigenvalue weighted by atomic mass is 10.1. The maximum Gasteiger partial charge on any atom is 0.251 e. The molecule has 7 nitrogen and oxygen atoms in total. The molecule has 2 aromatic carbocycles. The number of primary amides is 1. The summed E-state index contributed by atoms with van der Waals surface area (Å²) < 4.78 is 21.7. The lowest BCUT2D eigenvalue weighted by Crippen LogP contribution is -2.36. The van der Waals surface area contributed by atoms with Crippen molar-refractivity contribution >= 4 is 45.1 Å². The summed E-state index contributed by atoms with van der Waals surface area (Å²) in [5.41, 5.74) is 9.60. The van der Waals surface area contributed by atoms with E-state index in [9.17, 15) is 9.18 Å². The Morgan fingerprint density at radius 2 is 1.94 bits per heavy atom. The van der Waals surface area contributed by atoms with Gasteiger partial charge in [0.15, 0.2) is 0 Å². The first-order valence-corrected chi connectivity index (χ1v) is 11.3. The molecule has 1 saturated heterocycles. The predicted octanol–water partition coefficient (Wildman–Crippen LogP) is 4.18. The zero-order valence-corrected chi connectivity index (χ0v) is 18.5. The van der Waals surface area contributed by atoms with Crippen molar-refractivity contribution in [3.63, 3.8) is 0 Å². The lowest BCUT2D eigenvalue weighted by Gasteiger charge is -2.29. The number of amides is 1. The minimum Gasteiger partial charge on any atom is -0.378 e. The van der Waals surface area contributed by atoms with Crippen LogP contribution in [0, 0.1) is 5.82 Å². The summed E-state index contributed by atoms with van der Waals surface area (Å²) in [5.74, 6) is 0.104. The molecule has 168 valence electrons. The second-order valence-corrected chi connectivity index (χ2v) is 8.87. The lowest BCUT2D eigenvalue weighted by molar-refractivity contribution is 0.100. The SMILES string of the molecule is NC(=O)c1cc(N2CCOCC2)cc2c1nc(C1CC1)n2-c1ccnc2c(Cl)c(F)ccc12. The van der Waals surface area contributed by atoms with Gasteiger partial charge in [0.05, 0.1) is 35.5 Å². The van der Waals surface area contributed by atoms with Crippen LogP contribution >= 0.6 is 11.6 Å². The average Bonchev–Trinajstić information content (AvgIpc) is 3.61. The minimum atomic E-state index is -0.521. The van der Waals surface area contributed by atoms with Crippen LogP contribution in [0.2, 0.25) is 5.02 Å². The van der Waals surface area contributed by atoms with Gasteiger partial charge in [-0.3, -0.25) is 14.3 Å². The van der Waals surface area contributed by atoms with Gasteiger partial charge in [0.25, 0.3) is 5.91 Å². The monoisotopic (exact) mass is 465 g/mol. The third-order valence-corrected chi connectivity index (χ3v) is 6.74. The first-order valence-electron chi connectivity index (χ1n) is 10.9. The normalized spacial score (nSPS) is 16.6. The van der Waals surface area contributed by atoms with Crippen LogP contribution in [0.3, 0.4) is 0 Å². The third-order valence-electron chi connectivity index (χ3n) is 6.38. The molecule has 2 aromatic heterocycles. The van der Waals surface area contributed by atoms with E-state index < -0.39 is 11.7 Å². The average molecular weight is 466 g/mol. The van der Waals surface area contributed by atoms with Gasteiger partial charge < -0.3 is 15.4 Å². The summed E-state index contributed by atoms with van der Waals surface area (Å²) in [4.78, 5) is 23.8. The van der Waals surface area contributed by atoms with E-state index in [-0.39, 0.29) is 10.9 Å². The van der Waals surface area contributed by atoms with E-state index in [1.807, 2.05) is 18.2 Å². The van der Waals surface area contributed by atoms with Crippen LogP contribution in [0.5, 0.6) is 0 Å². The topological polar surface area (TPSA) is 86.3 Å². The largest absolute Gasteiger partial charge is 0.378 e. The Morgan fingerprint density at radius 1 is 1.15 bits per heavy atom. The Balaban J connectivity index is 1.67. The zero-order valence-electron chi connectivity index (χ0n) is 17.7. The van der Waals surface area contributed by atoms with E-state index in [1.165, 1.54) is 6.07 Å². The molecule has 0 atom stereocenters. The molecule has 3 heterocycles. The molecule has 1 saturated carbocycles. The number of carbonyl (C=O) groups is 1. The molecule has 9 heteroatoms. The van der Waals surface area contributed by atoms with Gasteiger partial charge in [0.1, 0.15) is 22.2 Å². The number of fused-ring (bicyclic) bond motifs is 2. The van der Waals surface area contributed by atoms with Crippen LogP contribution in [0.4, 0.5) is 10.1 Å². The maximum absolute atomic E-state index is 14.1. The van der Waals surface area contributed by atoms with Crippen molar-refractivity contribution in [2.45, 2.75) is 18.8 Å². The Labute approximate surface area is 193 Å². The molecular weight excluding hydrogens is 445 g/mol. The molecular formula is C24H21ClFN5O2. The number of morpholine rings is 1. The number of imidazole rings is 1. The van der Waals surface area contributed by atoms with Crippen molar-refractivity contribution < 1.29 is 13.9 Å². The Morgan fingerprint density at radius 3 is 2.67 bits per heavy atom. The number of hydrogen-bond acceptors (Lipinski definition) is 5. The second-order valence-electron chi connectivity index (χ2n) is 8.49. The van der Waals surface area contributed by atoms with Crippen molar-refractivity contribution in [1.29, 1.82) is 0 Å². The standard InChI is InChI=1S/C24H21ClFN5O2/c25-20-17(26)4-3-15-18(5-6-28-22(15)20)31-19-12-14(30-7-9-33-10-8-30)11-16(23(27)32)21(19)29-24(31)13-1-2-13/h3-6,11-13H,1-2,7-10H2,(H2,27,32). The van der Waals surface area contributed by atoms with Crippen LogP contribution in [0.1, 0.15) is 34.9 Å². The van der Waals surface area contributed by atoms with E-state index in [1.54, 1.807) is 12.3 Å². The van der Waals surface area contributed by atoms with Crippen molar-refractivity contribution in [2.24, 2.45) is 5.73 Å². The van der Waals surface area contributed by atoms with Crippen molar-refractivity contribution in [1.82, 2.24) is 14.5 Å². The highest BCUT2D eigenvalue weighted by Crippen LogP contribution is 2.44. The molecule has 6 rings (SSSR count). The number of pyridine rings is 1. The summed E-state index contributed by atoms with van der Waals surface area (Å²) in [6.45, 7) is 2.69. The van der Waals surface area contributed by atoms with E-state index in [4.69, 9.17) is 27.1 Å².